The van der Waals surface area contributed by atoms with Crippen molar-refractivity contribution in [2.75, 3.05) is 6.79 Å². The van der Waals surface area contributed by atoms with Gasteiger partial charge in [0.25, 0.3) is 11.5 Å². The molecule has 34 heavy (non-hydrogen) atoms. The van der Waals surface area contributed by atoms with E-state index in [1.807, 2.05) is 85.6 Å². The smallest absolute Gasteiger partial charge is 0.279 e. The summed E-state index contributed by atoms with van der Waals surface area (Å²) in [5.74, 6) is 0.846. The van der Waals surface area contributed by atoms with Crippen LogP contribution in [0, 0.1) is 20.8 Å². The van der Waals surface area contributed by atoms with Gasteiger partial charge in [0.05, 0.1) is 16.8 Å². The summed E-state index contributed by atoms with van der Waals surface area (Å²) >= 11 is 0. The van der Waals surface area contributed by atoms with Crippen molar-refractivity contribution < 1.29 is 14.3 Å². The summed E-state index contributed by atoms with van der Waals surface area (Å²) in [6.45, 7) is 6.35. The van der Waals surface area contributed by atoms with Crippen molar-refractivity contribution in [1.82, 2.24) is 13.9 Å². The first-order valence-electron chi connectivity index (χ1n) is 11.0. The molecule has 0 unspecified atom stereocenters. The number of nitrogens with two attached hydrogens (primary N) is 1. The maximum atomic E-state index is 13.7. The fraction of sp³-hybridized carbons (Fsp3) is 0.231. The molecule has 8 nitrogen and oxygen atoms in total. The third kappa shape index (κ3) is 3.22. The van der Waals surface area contributed by atoms with Gasteiger partial charge in [-0.25, -0.2) is 4.68 Å². The van der Waals surface area contributed by atoms with Crippen LogP contribution < -0.4 is 20.8 Å². The molecule has 1 aliphatic rings. The van der Waals surface area contributed by atoms with Crippen molar-refractivity contribution in [1.29, 1.82) is 0 Å². The Hall–Kier alpha value is -4.20. The Balaban J connectivity index is 1.69. The van der Waals surface area contributed by atoms with Crippen molar-refractivity contribution in [2.45, 2.75) is 27.3 Å². The minimum atomic E-state index is -0.561. The Morgan fingerprint density at radius 2 is 1.65 bits per heavy atom. The van der Waals surface area contributed by atoms with E-state index in [4.69, 9.17) is 15.2 Å². The van der Waals surface area contributed by atoms with Gasteiger partial charge in [0, 0.05) is 36.2 Å². The zero-order valence-electron chi connectivity index (χ0n) is 19.6. The normalized spacial score (nSPS) is 12.4. The summed E-state index contributed by atoms with van der Waals surface area (Å²) in [7, 11) is 1.84. The first kappa shape index (κ1) is 21.6. The molecule has 0 aliphatic carbocycles. The van der Waals surface area contributed by atoms with Crippen molar-refractivity contribution in [3.63, 3.8) is 0 Å². The summed E-state index contributed by atoms with van der Waals surface area (Å²) < 4.78 is 16.4. The SMILES string of the molecule is Cc1c(C(N)=O)c(-c2c(C)n(C)n(-c3ccccc3)c2=O)c(C)n1Cc1ccc2c(c1)OCO2. The van der Waals surface area contributed by atoms with Gasteiger partial charge in [-0.3, -0.25) is 14.3 Å². The van der Waals surface area contributed by atoms with Crippen LogP contribution in [0.1, 0.15) is 33.0 Å². The molecule has 5 rings (SSSR count). The molecular weight excluding hydrogens is 432 g/mol. The number of carbonyl (C=O) groups is 1. The molecule has 0 radical (unpaired) electrons. The zero-order chi connectivity index (χ0) is 24.1. The van der Waals surface area contributed by atoms with Gasteiger partial charge < -0.3 is 19.8 Å². The van der Waals surface area contributed by atoms with Crippen LogP contribution in [0.15, 0.2) is 53.3 Å². The first-order valence-corrected chi connectivity index (χ1v) is 11.0. The molecule has 4 aromatic rings. The Bertz CT molecular complexity index is 1490. The zero-order valence-corrected chi connectivity index (χ0v) is 19.6. The molecule has 0 saturated heterocycles. The average Bonchev–Trinajstić information content (AvgIpc) is 3.44. The highest BCUT2D eigenvalue weighted by atomic mass is 16.7. The average molecular weight is 459 g/mol. The Labute approximate surface area is 196 Å². The van der Waals surface area contributed by atoms with Crippen LogP contribution in [-0.2, 0) is 13.6 Å². The van der Waals surface area contributed by atoms with Crippen LogP contribution in [-0.4, -0.2) is 26.6 Å². The third-order valence-electron chi connectivity index (χ3n) is 6.61. The number of primary amides is 1. The molecule has 1 amide bonds. The minimum Gasteiger partial charge on any atom is -0.454 e. The molecule has 0 saturated carbocycles. The van der Waals surface area contributed by atoms with Gasteiger partial charge in [-0.1, -0.05) is 24.3 Å². The van der Waals surface area contributed by atoms with Crippen LogP contribution in [0.2, 0.25) is 0 Å². The van der Waals surface area contributed by atoms with E-state index in [1.54, 1.807) is 4.68 Å². The van der Waals surface area contributed by atoms with Crippen LogP contribution >= 0.6 is 0 Å². The van der Waals surface area contributed by atoms with Crippen molar-refractivity contribution in [3.8, 4) is 28.3 Å². The van der Waals surface area contributed by atoms with Gasteiger partial charge in [-0.15, -0.1) is 0 Å². The van der Waals surface area contributed by atoms with E-state index < -0.39 is 5.91 Å². The molecule has 0 fully saturated rings. The molecule has 0 spiro atoms. The fourth-order valence-electron chi connectivity index (χ4n) is 4.81. The summed E-state index contributed by atoms with van der Waals surface area (Å²) in [6, 6.07) is 15.2. The first-order chi connectivity index (χ1) is 16.3. The number of hydrogen-bond donors (Lipinski definition) is 1. The van der Waals surface area contributed by atoms with E-state index in [0.717, 1.165) is 22.6 Å². The number of amides is 1. The molecule has 2 aromatic heterocycles. The van der Waals surface area contributed by atoms with Gasteiger partial charge in [0.1, 0.15) is 0 Å². The fourth-order valence-corrected chi connectivity index (χ4v) is 4.81. The number of fused-ring (bicyclic) bond motifs is 1. The van der Waals surface area contributed by atoms with Crippen LogP contribution in [0.4, 0.5) is 0 Å². The monoisotopic (exact) mass is 458 g/mol. The summed E-state index contributed by atoms with van der Waals surface area (Å²) in [5, 5.41) is 0. The second kappa shape index (κ2) is 7.98. The maximum Gasteiger partial charge on any atom is 0.279 e. The van der Waals surface area contributed by atoms with E-state index in [0.29, 0.717) is 40.4 Å². The van der Waals surface area contributed by atoms with E-state index in [9.17, 15) is 9.59 Å². The Morgan fingerprint density at radius 3 is 2.35 bits per heavy atom. The number of hydrogen-bond acceptors (Lipinski definition) is 4. The van der Waals surface area contributed by atoms with Gasteiger partial charge >= 0.3 is 0 Å². The molecule has 2 N–H and O–H groups in total. The molecule has 3 heterocycles. The van der Waals surface area contributed by atoms with Crippen LogP contribution in [0.5, 0.6) is 11.5 Å². The number of aromatic nitrogens is 3. The highest BCUT2D eigenvalue weighted by Crippen LogP contribution is 2.36. The highest BCUT2D eigenvalue weighted by Gasteiger charge is 2.29. The highest BCUT2D eigenvalue weighted by molar-refractivity contribution is 6.02. The molecule has 1 aliphatic heterocycles. The summed E-state index contributed by atoms with van der Waals surface area (Å²) in [6.07, 6.45) is 0. The lowest BCUT2D eigenvalue weighted by molar-refractivity contribution is 0.1000. The number of para-hydroxylation sites is 1. The van der Waals surface area contributed by atoms with E-state index in [2.05, 4.69) is 0 Å². The Kier molecular flexibility index (Phi) is 5.08. The lowest BCUT2D eigenvalue weighted by Crippen LogP contribution is -2.20. The van der Waals surface area contributed by atoms with E-state index >= 15 is 0 Å². The van der Waals surface area contributed by atoms with E-state index in [-0.39, 0.29) is 12.4 Å². The number of nitrogens with zero attached hydrogens (tertiary/aromatic N) is 3. The molecule has 0 bridgehead atoms. The lowest BCUT2D eigenvalue weighted by atomic mass is 10.0. The lowest BCUT2D eigenvalue weighted by Gasteiger charge is -2.10. The number of ether oxygens (including phenoxy) is 2. The molecule has 8 heteroatoms. The predicted octanol–water partition coefficient (Wildman–Crippen LogP) is 3.45. The predicted molar refractivity (Wildman–Crippen MR) is 129 cm³/mol. The molecule has 0 atom stereocenters. The molecule has 174 valence electrons. The largest absolute Gasteiger partial charge is 0.454 e. The van der Waals surface area contributed by atoms with Gasteiger partial charge in [-0.05, 0) is 50.6 Å². The standard InChI is InChI=1S/C26H26N4O4/c1-15-24(26(32)30(28(15)4)19-8-6-5-7-9-19)22-16(2)29(17(3)23(22)25(27)31)13-18-10-11-20-21(12-18)34-14-33-20/h5-12H,13-14H2,1-4H3,(H2,27,31). The van der Waals surface area contributed by atoms with Gasteiger partial charge in [-0.2, -0.15) is 0 Å². The number of benzene rings is 2. The maximum absolute atomic E-state index is 13.7. The third-order valence-corrected chi connectivity index (χ3v) is 6.61. The second-order valence-electron chi connectivity index (χ2n) is 8.50. The number of carbonyl (C=O) groups excluding carboxylic acids is 1. The van der Waals surface area contributed by atoms with Crippen molar-refractivity contribution >= 4 is 5.91 Å². The van der Waals surface area contributed by atoms with Crippen molar-refractivity contribution in [2.24, 2.45) is 12.8 Å². The summed E-state index contributed by atoms with van der Waals surface area (Å²) in [4.78, 5) is 26.3. The molecular formula is C26H26N4O4. The quantitative estimate of drug-likeness (QED) is 0.496. The molecule has 2 aromatic carbocycles. The summed E-state index contributed by atoms with van der Waals surface area (Å²) in [5.41, 5.74) is 11.1. The van der Waals surface area contributed by atoms with Crippen LogP contribution in [0.3, 0.4) is 0 Å². The van der Waals surface area contributed by atoms with Gasteiger partial charge in [0.15, 0.2) is 11.5 Å². The second-order valence-corrected chi connectivity index (χ2v) is 8.50. The Morgan fingerprint density at radius 1 is 0.941 bits per heavy atom. The van der Waals surface area contributed by atoms with E-state index in [1.165, 1.54) is 0 Å². The minimum absolute atomic E-state index is 0.197. The van der Waals surface area contributed by atoms with Crippen LogP contribution in [0.25, 0.3) is 16.8 Å². The van der Waals surface area contributed by atoms with Gasteiger partial charge in [0.2, 0.25) is 6.79 Å². The number of rotatable bonds is 5. The van der Waals surface area contributed by atoms with Crippen molar-refractivity contribution in [3.05, 3.63) is 87.1 Å². The topological polar surface area (TPSA) is 93.4 Å².